The van der Waals surface area contributed by atoms with Gasteiger partial charge in [0, 0.05) is 51.4 Å². The number of aromatic nitrogens is 2. The summed E-state index contributed by atoms with van der Waals surface area (Å²) >= 11 is 0. The fourth-order valence-electron chi connectivity index (χ4n) is 3.48. The summed E-state index contributed by atoms with van der Waals surface area (Å²) in [6.07, 6.45) is 5.82. The molecule has 2 heterocycles. The summed E-state index contributed by atoms with van der Waals surface area (Å²) < 4.78 is 7.32. The first kappa shape index (κ1) is 20.9. The number of guanidine groups is 1. The van der Waals surface area contributed by atoms with Crippen LogP contribution >= 0.6 is 0 Å². The lowest BCUT2D eigenvalue weighted by molar-refractivity contribution is -0.116. The second-order valence-electron chi connectivity index (χ2n) is 6.99. The van der Waals surface area contributed by atoms with Crippen LogP contribution in [0.15, 0.2) is 47.7 Å². The van der Waals surface area contributed by atoms with Crippen LogP contribution in [0.25, 0.3) is 0 Å². The van der Waals surface area contributed by atoms with Crippen molar-refractivity contribution in [2.45, 2.75) is 39.0 Å². The molecular formula is C21H30N6O2. The Labute approximate surface area is 171 Å². The maximum absolute atomic E-state index is 12.2. The fraction of sp³-hybridized carbons (Fsp3) is 0.476. The second-order valence-corrected chi connectivity index (χ2v) is 6.99. The zero-order chi connectivity index (χ0) is 20.5. The zero-order valence-electron chi connectivity index (χ0n) is 17.2. The molecule has 0 bridgehead atoms. The molecule has 1 aromatic carbocycles. The van der Waals surface area contributed by atoms with Crippen LogP contribution in [0.1, 0.15) is 25.3 Å². The standard InChI is InChI=1S/C21H30N6O2/c1-3-29-19-8-12-26(13-9-19)21(22-2)23-15-17-6-4-7-18(14-17)25-20(28)16-27-11-5-10-24-27/h4-7,10-11,14,19H,3,8-9,12-13,15-16H2,1-2H3,(H,22,23)(H,25,28). The van der Waals surface area contributed by atoms with Crippen LogP contribution in [0.3, 0.4) is 0 Å². The average molecular weight is 399 g/mol. The van der Waals surface area contributed by atoms with Gasteiger partial charge in [-0.25, -0.2) is 0 Å². The lowest BCUT2D eigenvalue weighted by atomic mass is 10.1. The molecule has 156 valence electrons. The van der Waals surface area contributed by atoms with Crippen molar-refractivity contribution in [2.24, 2.45) is 4.99 Å². The zero-order valence-corrected chi connectivity index (χ0v) is 17.2. The molecule has 8 heteroatoms. The van der Waals surface area contributed by atoms with Gasteiger partial charge in [0.15, 0.2) is 5.96 Å². The van der Waals surface area contributed by atoms with E-state index < -0.39 is 0 Å². The highest BCUT2D eigenvalue weighted by Gasteiger charge is 2.21. The Balaban J connectivity index is 1.50. The van der Waals surface area contributed by atoms with Gasteiger partial charge >= 0.3 is 0 Å². The summed E-state index contributed by atoms with van der Waals surface area (Å²) in [4.78, 5) is 18.9. The number of carbonyl (C=O) groups excluding carboxylic acids is 1. The molecule has 29 heavy (non-hydrogen) atoms. The summed E-state index contributed by atoms with van der Waals surface area (Å²) in [5, 5.41) is 10.4. The van der Waals surface area contributed by atoms with E-state index in [0.29, 0.717) is 12.6 Å². The van der Waals surface area contributed by atoms with E-state index in [2.05, 4.69) is 25.6 Å². The largest absolute Gasteiger partial charge is 0.378 e. The number of nitrogens with one attached hydrogen (secondary N) is 2. The predicted octanol–water partition coefficient (Wildman–Crippen LogP) is 2.10. The Morgan fingerprint density at radius 1 is 1.31 bits per heavy atom. The summed E-state index contributed by atoms with van der Waals surface area (Å²) in [6.45, 7) is 5.52. The van der Waals surface area contributed by atoms with Crippen molar-refractivity contribution in [3.8, 4) is 0 Å². The fourth-order valence-corrected chi connectivity index (χ4v) is 3.48. The van der Waals surface area contributed by atoms with Gasteiger partial charge in [-0.1, -0.05) is 12.1 Å². The highest BCUT2D eigenvalue weighted by molar-refractivity contribution is 5.90. The number of ether oxygens (including phenoxy) is 1. The van der Waals surface area contributed by atoms with Gasteiger partial charge in [0.2, 0.25) is 5.91 Å². The third-order valence-electron chi connectivity index (χ3n) is 4.88. The summed E-state index contributed by atoms with van der Waals surface area (Å²) in [5.74, 6) is 0.792. The van der Waals surface area contributed by atoms with Crippen molar-refractivity contribution >= 4 is 17.6 Å². The van der Waals surface area contributed by atoms with E-state index in [0.717, 1.165) is 49.7 Å². The van der Waals surface area contributed by atoms with Crippen molar-refractivity contribution in [2.75, 3.05) is 32.1 Å². The van der Waals surface area contributed by atoms with Crippen molar-refractivity contribution in [3.05, 3.63) is 48.3 Å². The van der Waals surface area contributed by atoms with E-state index in [1.54, 1.807) is 23.1 Å². The van der Waals surface area contributed by atoms with Gasteiger partial charge in [0.1, 0.15) is 6.54 Å². The lowest BCUT2D eigenvalue weighted by Gasteiger charge is -2.34. The Hall–Kier alpha value is -2.87. The first-order valence-electron chi connectivity index (χ1n) is 10.1. The molecule has 1 amide bonds. The van der Waals surface area contributed by atoms with Crippen LogP contribution in [-0.2, 0) is 22.6 Å². The molecule has 0 aliphatic carbocycles. The number of amides is 1. The summed E-state index contributed by atoms with van der Waals surface area (Å²) in [7, 11) is 1.81. The monoisotopic (exact) mass is 398 g/mol. The highest BCUT2D eigenvalue weighted by atomic mass is 16.5. The minimum absolute atomic E-state index is 0.105. The molecule has 0 radical (unpaired) electrons. The molecule has 8 nitrogen and oxygen atoms in total. The molecule has 1 aliphatic heterocycles. The van der Waals surface area contributed by atoms with Crippen molar-refractivity contribution in [1.82, 2.24) is 20.0 Å². The van der Waals surface area contributed by atoms with Crippen molar-refractivity contribution < 1.29 is 9.53 Å². The van der Waals surface area contributed by atoms with E-state index in [1.807, 2.05) is 38.2 Å². The maximum Gasteiger partial charge on any atom is 0.246 e. The summed E-state index contributed by atoms with van der Waals surface area (Å²) in [6, 6.07) is 9.63. The Bertz CT molecular complexity index is 797. The average Bonchev–Trinajstić information content (AvgIpc) is 3.23. The Kier molecular flexibility index (Phi) is 7.63. The molecule has 2 N–H and O–H groups in total. The van der Waals surface area contributed by atoms with E-state index in [1.165, 1.54) is 0 Å². The number of rotatable bonds is 7. The molecule has 1 aromatic heterocycles. The quantitative estimate of drug-likeness (QED) is 0.551. The molecule has 2 aromatic rings. The Morgan fingerprint density at radius 2 is 2.14 bits per heavy atom. The number of nitrogens with zero attached hydrogens (tertiary/aromatic N) is 4. The van der Waals surface area contributed by atoms with Crippen molar-refractivity contribution in [1.29, 1.82) is 0 Å². The third-order valence-corrected chi connectivity index (χ3v) is 4.88. The highest BCUT2D eigenvalue weighted by Crippen LogP contribution is 2.14. The number of piperidine rings is 1. The van der Waals surface area contributed by atoms with Gasteiger partial charge in [-0.2, -0.15) is 5.10 Å². The van der Waals surface area contributed by atoms with Crippen LogP contribution in [-0.4, -0.2) is 59.4 Å². The van der Waals surface area contributed by atoms with Crippen LogP contribution in [0, 0.1) is 0 Å². The number of aliphatic imine (C=N–C) groups is 1. The van der Waals surface area contributed by atoms with Gasteiger partial charge in [-0.05, 0) is 43.5 Å². The SMILES string of the molecule is CCOC1CCN(C(=NC)NCc2cccc(NC(=O)Cn3cccn3)c2)CC1. The molecule has 3 rings (SSSR count). The number of likely N-dealkylation sites (tertiary alicyclic amines) is 1. The minimum Gasteiger partial charge on any atom is -0.378 e. The molecular weight excluding hydrogens is 368 g/mol. The Morgan fingerprint density at radius 3 is 2.83 bits per heavy atom. The van der Waals surface area contributed by atoms with Crippen LogP contribution in [0.2, 0.25) is 0 Å². The first-order chi connectivity index (χ1) is 14.2. The number of hydrogen-bond acceptors (Lipinski definition) is 4. The number of benzene rings is 1. The normalized spacial score (nSPS) is 15.4. The number of carbonyl (C=O) groups is 1. The van der Waals surface area contributed by atoms with E-state index >= 15 is 0 Å². The number of anilines is 1. The van der Waals surface area contributed by atoms with Gasteiger partial charge in [-0.3, -0.25) is 14.5 Å². The van der Waals surface area contributed by atoms with Crippen LogP contribution in [0.4, 0.5) is 5.69 Å². The van der Waals surface area contributed by atoms with Gasteiger partial charge in [-0.15, -0.1) is 0 Å². The topological polar surface area (TPSA) is 83.8 Å². The predicted molar refractivity (Wildman–Crippen MR) is 114 cm³/mol. The van der Waals surface area contributed by atoms with E-state index in [-0.39, 0.29) is 12.5 Å². The van der Waals surface area contributed by atoms with Crippen molar-refractivity contribution in [3.63, 3.8) is 0 Å². The van der Waals surface area contributed by atoms with E-state index in [9.17, 15) is 4.79 Å². The third kappa shape index (κ3) is 6.32. The van der Waals surface area contributed by atoms with Crippen LogP contribution < -0.4 is 10.6 Å². The first-order valence-corrected chi connectivity index (χ1v) is 10.1. The van der Waals surface area contributed by atoms with E-state index in [4.69, 9.17) is 4.74 Å². The minimum atomic E-state index is -0.105. The number of hydrogen-bond donors (Lipinski definition) is 2. The molecule has 1 aliphatic rings. The smallest absolute Gasteiger partial charge is 0.246 e. The molecule has 1 fully saturated rings. The summed E-state index contributed by atoms with van der Waals surface area (Å²) in [5.41, 5.74) is 1.85. The molecule has 0 unspecified atom stereocenters. The molecule has 0 saturated carbocycles. The molecule has 0 atom stereocenters. The van der Waals surface area contributed by atoms with Gasteiger partial charge in [0.25, 0.3) is 0 Å². The molecule has 1 saturated heterocycles. The van der Waals surface area contributed by atoms with Gasteiger partial charge < -0.3 is 20.3 Å². The molecule has 0 spiro atoms. The van der Waals surface area contributed by atoms with Gasteiger partial charge in [0.05, 0.1) is 6.10 Å². The van der Waals surface area contributed by atoms with Crippen LogP contribution in [0.5, 0.6) is 0 Å². The second kappa shape index (κ2) is 10.6. The maximum atomic E-state index is 12.2. The lowest BCUT2D eigenvalue weighted by Crippen LogP contribution is -2.46.